The molecule has 1 nitrogen and oxygen atoms in total. The van der Waals surface area contributed by atoms with Crippen LogP contribution in [0.3, 0.4) is 0 Å². The van der Waals surface area contributed by atoms with Gasteiger partial charge in [0.15, 0.2) is 0 Å². The van der Waals surface area contributed by atoms with Gasteiger partial charge in [-0.05, 0) is 61.1 Å². The Labute approximate surface area is 113 Å². The molecule has 0 spiro atoms. The fourth-order valence-corrected chi connectivity index (χ4v) is 4.52. The average Bonchev–Trinajstić information content (AvgIpc) is 3.01. The third-order valence-electron chi connectivity index (χ3n) is 3.47. The van der Waals surface area contributed by atoms with Gasteiger partial charge in [-0.25, -0.2) is 0 Å². The zero-order valence-corrected chi connectivity index (χ0v) is 12.3. The first-order chi connectivity index (χ1) is 8.40. The lowest BCUT2D eigenvalue weighted by Crippen LogP contribution is -2.37. The molecule has 0 saturated carbocycles. The first kappa shape index (κ1) is 13.4. The van der Waals surface area contributed by atoms with E-state index in [1.807, 2.05) is 11.3 Å². The highest BCUT2D eigenvalue weighted by molar-refractivity contribution is 7.99. The Morgan fingerprint density at radius 1 is 1.53 bits per heavy atom. The van der Waals surface area contributed by atoms with Crippen LogP contribution in [0.15, 0.2) is 17.5 Å². The van der Waals surface area contributed by atoms with E-state index in [0.29, 0.717) is 0 Å². The molecule has 1 aromatic rings. The number of nitrogens with one attached hydrogen (secondary N) is 1. The van der Waals surface area contributed by atoms with Crippen molar-refractivity contribution in [2.75, 3.05) is 18.1 Å². The van der Waals surface area contributed by atoms with Crippen molar-refractivity contribution in [1.29, 1.82) is 0 Å². The molecule has 0 amide bonds. The first-order valence-electron chi connectivity index (χ1n) is 6.73. The van der Waals surface area contributed by atoms with Crippen molar-refractivity contribution in [3.05, 3.63) is 22.4 Å². The van der Waals surface area contributed by atoms with Crippen molar-refractivity contribution in [2.24, 2.45) is 5.92 Å². The van der Waals surface area contributed by atoms with Gasteiger partial charge in [0, 0.05) is 10.9 Å². The van der Waals surface area contributed by atoms with Gasteiger partial charge in [-0.15, -0.1) is 11.3 Å². The van der Waals surface area contributed by atoms with E-state index >= 15 is 0 Å². The van der Waals surface area contributed by atoms with Gasteiger partial charge in [0.1, 0.15) is 0 Å². The van der Waals surface area contributed by atoms with Crippen LogP contribution in [-0.4, -0.2) is 24.1 Å². The second-order valence-electron chi connectivity index (χ2n) is 4.80. The maximum Gasteiger partial charge on any atom is 0.0107 e. The van der Waals surface area contributed by atoms with Crippen LogP contribution >= 0.6 is 23.1 Å². The van der Waals surface area contributed by atoms with Crippen LogP contribution in [0, 0.1) is 5.92 Å². The van der Waals surface area contributed by atoms with E-state index in [9.17, 15) is 0 Å². The van der Waals surface area contributed by atoms with E-state index in [4.69, 9.17) is 0 Å². The van der Waals surface area contributed by atoms with Crippen LogP contribution in [0.1, 0.15) is 31.1 Å². The normalized spacial score (nSPS) is 21.8. The molecule has 0 radical (unpaired) electrons. The molecule has 2 atom stereocenters. The summed E-state index contributed by atoms with van der Waals surface area (Å²) in [6.07, 6.45) is 5.22. The Morgan fingerprint density at radius 2 is 2.47 bits per heavy atom. The molecule has 0 bridgehead atoms. The maximum atomic E-state index is 3.77. The van der Waals surface area contributed by atoms with Crippen LogP contribution < -0.4 is 5.32 Å². The topological polar surface area (TPSA) is 12.0 Å². The van der Waals surface area contributed by atoms with Crippen molar-refractivity contribution in [1.82, 2.24) is 5.32 Å². The fraction of sp³-hybridized carbons (Fsp3) is 0.714. The molecule has 96 valence electrons. The molecular formula is C14H23NS2. The largest absolute Gasteiger partial charge is 0.314 e. The summed E-state index contributed by atoms with van der Waals surface area (Å²) in [7, 11) is 0. The highest BCUT2D eigenvalue weighted by Gasteiger charge is 2.24. The minimum Gasteiger partial charge on any atom is -0.314 e. The molecule has 1 aliphatic heterocycles. The molecule has 1 N–H and O–H groups in total. The van der Waals surface area contributed by atoms with Gasteiger partial charge in [-0.3, -0.25) is 0 Å². The number of rotatable bonds is 7. The summed E-state index contributed by atoms with van der Waals surface area (Å²) < 4.78 is 0. The standard InChI is InChI=1S/C14H23NS2/c1-2-8-15-14(12-7-10-16-11-12)6-5-13-4-3-9-17-13/h3-4,9,12,14-15H,2,5-8,10-11H2,1H3. The highest BCUT2D eigenvalue weighted by atomic mass is 32.2. The molecule has 0 aromatic carbocycles. The Balaban J connectivity index is 1.81. The minimum atomic E-state index is 0.743. The zero-order valence-electron chi connectivity index (χ0n) is 10.7. The maximum absolute atomic E-state index is 3.77. The Morgan fingerprint density at radius 3 is 3.12 bits per heavy atom. The molecule has 0 aliphatic carbocycles. The van der Waals surface area contributed by atoms with Gasteiger partial charge in [0.25, 0.3) is 0 Å². The average molecular weight is 269 g/mol. The molecule has 1 aliphatic rings. The van der Waals surface area contributed by atoms with Crippen molar-refractivity contribution < 1.29 is 0 Å². The van der Waals surface area contributed by atoms with Gasteiger partial charge in [-0.2, -0.15) is 11.8 Å². The molecule has 3 heteroatoms. The van der Waals surface area contributed by atoms with Crippen LogP contribution in [0.25, 0.3) is 0 Å². The number of hydrogen-bond donors (Lipinski definition) is 1. The van der Waals surface area contributed by atoms with Crippen LogP contribution in [0.2, 0.25) is 0 Å². The highest BCUT2D eigenvalue weighted by Crippen LogP contribution is 2.28. The van der Waals surface area contributed by atoms with Crippen LogP contribution in [0.5, 0.6) is 0 Å². The van der Waals surface area contributed by atoms with Crippen molar-refractivity contribution in [3.8, 4) is 0 Å². The summed E-state index contributed by atoms with van der Waals surface area (Å²) >= 11 is 4.03. The summed E-state index contributed by atoms with van der Waals surface area (Å²) in [6, 6.07) is 5.18. The Bertz CT molecular complexity index is 291. The van der Waals surface area contributed by atoms with E-state index in [0.717, 1.165) is 12.0 Å². The third-order valence-corrected chi connectivity index (χ3v) is 5.60. The molecule has 2 heterocycles. The summed E-state index contributed by atoms with van der Waals surface area (Å²) in [5, 5.41) is 5.95. The summed E-state index contributed by atoms with van der Waals surface area (Å²) in [5.74, 6) is 3.64. The predicted octanol–water partition coefficient (Wildman–Crippen LogP) is 3.80. The molecule has 1 aromatic heterocycles. The fourth-order valence-electron chi connectivity index (χ4n) is 2.46. The lowest BCUT2D eigenvalue weighted by atomic mass is 9.94. The van der Waals surface area contributed by atoms with Gasteiger partial charge in [0.2, 0.25) is 0 Å². The van der Waals surface area contributed by atoms with Crippen molar-refractivity contribution in [3.63, 3.8) is 0 Å². The summed E-state index contributed by atoms with van der Waals surface area (Å²) in [4.78, 5) is 1.54. The molecule has 2 rings (SSSR count). The number of thioether (sulfide) groups is 1. The van der Waals surface area contributed by atoms with Gasteiger partial charge in [0.05, 0.1) is 0 Å². The summed E-state index contributed by atoms with van der Waals surface area (Å²) in [5.41, 5.74) is 0. The van der Waals surface area contributed by atoms with E-state index in [1.54, 1.807) is 4.88 Å². The number of aryl methyl sites for hydroxylation is 1. The second kappa shape index (κ2) is 7.45. The smallest absolute Gasteiger partial charge is 0.0107 e. The quantitative estimate of drug-likeness (QED) is 0.808. The zero-order chi connectivity index (χ0) is 11.9. The minimum absolute atomic E-state index is 0.743. The SMILES string of the molecule is CCCNC(CCc1cccs1)C1CCSC1. The van der Waals surface area contributed by atoms with E-state index < -0.39 is 0 Å². The van der Waals surface area contributed by atoms with E-state index in [1.165, 1.54) is 43.7 Å². The lowest BCUT2D eigenvalue weighted by molar-refractivity contribution is 0.363. The number of hydrogen-bond acceptors (Lipinski definition) is 3. The lowest BCUT2D eigenvalue weighted by Gasteiger charge is -2.24. The van der Waals surface area contributed by atoms with Crippen LogP contribution in [0.4, 0.5) is 0 Å². The molecule has 1 saturated heterocycles. The molecule has 17 heavy (non-hydrogen) atoms. The van der Waals surface area contributed by atoms with Gasteiger partial charge >= 0.3 is 0 Å². The monoisotopic (exact) mass is 269 g/mol. The van der Waals surface area contributed by atoms with Crippen molar-refractivity contribution >= 4 is 23.1 Å². The third kappa shape index (κ3) is 4.31. The van der Waals surface area contributed by atoms with Gasteiger partial charge < -0.3 is 5.32 Å². The van der Waals surface area contributed by atoms with Crippen molar-refractivity contribution in [2.45, 2.75) is 38.6 Å². The Hall–Kier alpha value is 0.01000. The molecular weight excluding hydrogens is 246 g/mol. The van der Waals surface area contributed by atoms with E-state index in [-0.39, 0.29) is 0 Å². The first-order valence-corrected chi connectivity index (χ1v) is 8.77. The van der Waals surface area contributed by atoms with E-state index in [2.05, 4.69) is 41.5 Å². The predicted molar refractivity (Wildman–Crippen MR) is 80.2 cm³/mol. The summed E-state index contributed by atoms with van der Waals surface area (Å²) in [6.45, 7) is 3.43. The number of thiophene rings is 1. The second-order valence-corrected chi connectivity index (χ2v) is 6.98. The Kier molecular flexibility index (Phi) is 5.89. The molecule has 1 fully saturated rings. The van der Waals surface area contributed by atoms with Gasteiger partial charge in [-0.1, -0.05) is 13.0 Å². The molecule has 2 unspecified atom stereocenters. The van der Waals surface area contributed by atoms with Crippen LogP contribution in [-0.2, 0) is 6.42 Å².